The summed E-state index contributed by atoms with van der Waals surface area (Å²) in [6, 6.07) is 12.3. The molecule has 6 heteroatoms. The minimum absolute atomic E-state index is 0.167. The first-order valence-electron chi connectivity index (χ1n) is 11.4. The topological polar surface area (TPSA) is 44.8 Å². The van der Waals surface area contributed by atoms with Gasteiger partial charge in [0.25, 0.3) is 0 Å². The number of piperazine rings is 1. The van der Waals surface area contributed by atoms with E-state index in [2.05, 4.69) is 34.2 Å². The third-order valence-electron chi connectivity index (χ3n) is 6.90. The molecule has 3 aliphatic rings. The average Bonchev–Trinajstić information content (AvgIpc) is 3.58. The van der Waals surface area contributed by atoms with Gasteiger partial charge in [0.1, 0.15) is 5.75 Å². The van der Waals surface area contributed by atoms with E-state index in [9.17, 15) is 4.79 Å². The second-order valence-corrected chi connectivity index (χ2v) is 9.36. The molecule has 31 heavy (non-hydrogen) atoms. The van der Waals surface area contributed by atoms with Crippen LogP contribution >= 0.6 is 11.6 Å². The van der Waals surface area contributed by atoms with Crippen molar-refractivity contribution < 1.29 is 9.53 Å². The third-order valence-corrected chi connectivity index (χ3v) is 7.31. The van der Waals surface area contributed by atoms with Crippen molar-refractivity contribution in [3.8, 4) is 5.75 Å². The molecule has 5 nitrogen and oxygen atoms in total. The molecule has 164 valence electrons. The standard InChI is InChI=1S/C25H30ClN3O2/c1-17-22(26)5-4-6-24(17)29-12-10-28(11-13-29)9-2-3-14-31-18-7-8-19-20-16-21(20)25(30)27-23(19)15-18/h4-8,15,20-21H,2-3,9-14,16H2,1H3,(H,27,30). The largest absolute Gasteiger partial charge is 0.494 e. The summed E-state index contributed by atoms with van der Waals surface area (Å²) in [6.07, 6.45) is 3.15. The fourth-order valence-corrected chi connectivity index (χ4v) is 5.06. The maximum absolute atomic E-state index is 11.9. The summed E-state index contributed by atoms with van der Waals surface area (Å²) in [6.45, 7) is 8.17. The molecule has 1 amide bonds. The van der Waals surface area contributed by atoms with Crippen LogP contribution in [-0.4, -0.2) is 50.1 Å². The molecule has 2 atom stereocenters. The average molecular weight is 440 g/mol. The van der Waals surface area contributed by atoms with Gasteiger partial charge < -0.3 is 15.0 Å². The highest BCUT2D eigenvalue weighted by molar-refractivity contribution is 6.31. The maximum atomic E-state index is 11.9. The summed E-state index contributed by atoms with van der Waals surface area (Å²) in [5, 5.41) is 3.87. The highest BCUT2D eigenvalue weighted by Crippen LogP contribution is 2.53. The van der Waals surface area contributed by atoms with Crippen molar-refractivity contribution >= 4 is 28.9 Å². The number of nitrogens with one attached hydrogen (secondary N) is 1. The predicted octanol–water partition coefficient (Wildman–Crippen LogP) is 4.69. The molecule has 0 radical (unpaired) electrons. The zero-order chi connectivity index (χ0) is 21.4. The minimum atomic E-state index is 0.167. The number of rotatable bonds is 7. The van der Waals surface area contributed by atoms with Gasteiger partial charge in [0, 0.05) is 54.6 Å². The normalized spacial score (nSPS) is 22.5. The molecule has 2 unspecified atom stereocenters. The molecule has 1 saturated heterocycles. The second kappa shape index (κ2) is 8.71. The molecule has 0 spiro atoms. The smallest absolute Gasteiger partial charge is 0.228 e. The third kappa shape index (κ3) is 4.39. The number of amides is 1. The number of benzene rings is 2. The lowest BCUT2D eigenvalue weighted by Crippen LogP contribution is -2.46. The van der Waals surface area contributed by atoms with Gasteiger partial charge in [-0.25, -0.2) is 0 Å². The molecule has 1 aliphatic carbocycles. The molecule has 2 aromatic carbocycles. The van der Waals surface area contributed by atoms with Crippen molar-refractivity contribution in [3.05, 3.63) is 52.5 Å². The quantitative estimate of drug-likeness (QED) is 0.636. The van der Waals surface area contributed by atoms with E-state index in [4.69, 9.17) is 16.3 Å². The molecule has 1 saturated carbocycles. The van der Waals surface area contributed by atoms with E-state index in [1.807, 2.05) is 24.3 Å². The molecule has 5 rings (SSSR count). The maximum Gasteiger partial charge on any atom is 0.228 e. The molecule has 2 fully saturated rings. The molecule has 2 aliphatic heterocycles. The van der Waals surface area contributed by atoms with Gasteiger partial charge in [-0.05, 0) is 68.0 Å². The van der Waals surface area contributed by atoms with Crippen LogP contribution in [0.15, 0.2) is 36.4 Å². The van der Waals surface area contributed by atoms with E-state index >= 15 is 0 Å². The number of nitrogens with zero attached hydrogens (tertiary/aromatic N) is 2. The van der Waals surface area contributed by atoms with Gasteiger partial charge in [0.2, 0.25) is 5.91 Å². The number of halogens is 1. The molecule has 2 aromatic rings. The van der Waals surface area contributed by atoms with Gasteiger partial charge in [-0.15, -0.1) is 0 Å². The minimum Gasteiger partial charge on any atom is -0.494 e. The van der Waals surface area contributed by atoms with Gasteiger partial charge in [-0.3, -0.25) is 9.69 Å². The number of hydrogen-bond acceptors (Lipinski definition) is 4. The Labute approximate surface area is 189 Å². The summed E-state index contributed by atoms with van der Waals surface area (Å²) in [5.74, 6) is 1.65. The summed E-state index contributed by atoms with van der Waals surface area (Å²) < 4.78 is 5.95. The Hall–Kier alpha value is -2.24. The first kappa shape index (κ1) is 20.7. The molecule has 0 bridgehead atoms. The zero-order valence-corrected chi connectivity index (χ0v) is 18.8. The van der Waals surface area contributed by atoms with Crippen molar-refractivity contribution in [2.24, 2.45) is 5.92 Å². The summed E-state index contributed by atoms with van der Waals surface area (Å²) in [7, 11) is 0. The molecule has 1 N–H and O–H groups in total. The predicted molar refractivity (Wildman–Crippen MR) is 125 cm³/mol. The van der Waals surface area contributed by atoms with Crippen molar-refractivity contribution in [1.82, 2.24) is 4.90 Å². The van der Waals surface area contributed by atoms with E-state index in [0.717, 1.165) is 68.4 Å². The fourth-order valence-electron chi connectivity index (χ4n) is 4.89. The van der Waals surface area contributed by atoms with E-state index in [1.165, 1.54) is 16.8 Å². The van der Waals surface area contributed by atoms with Crippen molar-refractivity contribution in [2.45, 2.75) is 32.1 Å². The van der Waals surface area contributed by atoms with Crippen LogP contribution in [0.4, 0.5) is 11.4 Å². The van der Waals surface area contributed by atoms with E-state index in [0.29, 0.717) is 12.5 Å². The zero-order valence-electron chi connectivity index (χ0n) is 18.1. The number of carbonyl (C=O) groups is 1. The van der Waals surface area contributed by atoms with Gasteiger partial charge in [-0.2, -0.15) is 0 Å². The number of fused-ring (bicyclic) bond motifs is 3. The Morgan fingerprint density at radius 2 is 1.94 bits per heavy atom. The lowest BCUT2D eigenvalue weighted by atomic mass is 10.0. The van der Waals surface area contributed by atoms with Crippen LogP contribution in [0.5, 0.6) is 5.75 Å². The molecular weight excluding hydrogens is 410 g/mol. The second-order valence-electron chi connectivity index (χ2n) is 8.96. The first-order valence-corrected chi connectivity index (χ1v) is 11.8. The van der Waals surface area contributed by atoms with Crippen LogP contribution in [0.2, 0.25) is 5.02 Å². The highest BCUT2D eigenvalue weighted by atomic mass is 35.5. The number of unbranched alkanes of at least 4 members (excludes halogenated alkanes) is 1. The fraction of sp³-hybridized carbons (Fsp3) is 0.480. The van der Waals surface area contributed by atoms with Gasteiger partial charge in [0.05, 0.1) is 6.61 Å². The Kier molecular flexibility index (Phi) is 5.81. The van der Waals surface area contributed by atoms with E-state index in [1.54, 1.807) is 0 Å². The monoisotopic (exact) mass is 439 g/mol. The van der Waals surface area contributed by atoms with Crippen molar-refractivity contribution in [1.29, 1.82) is 0 Å². The lowest BCUT2D eigenvalue weighted by molar-refractivity contribution is -0.117. The molecule has 2 heterocycles. The lowest BCUT2D eigenvalue weighted by Gasteiger charge is -2.37. The Balaban J connectivity index is 1.02. The van der Waals surface area contributed by atoms with E-state index in [-0.39, 0.29) is 11.8 Å². The SMILES string of the molecule is Cc1c(Cl)cccc1N1CCN(CCCCOc2ccc3c(c2)NC(=O)C2CC32)CC1. The Morgan fingerprint density at radius 3 is 2.77 bits per heavy atom. The summed E-state index contributed by atoms with van der Waals surface area (Å²) in [5.41, 5.74) is 4.64. The van der Waals surface area contributed by atoms with Crippen LogP contribution in [0.25, 0.3) is 0 Å². The van der Waals surface area contributed by atoms with Gasteiger partial charge in [-0.1, -0.05) is 23.7 Å². The highest BCUT2D eigenvalue weighted by Gasteiger charge is 2.48. The summed E-state index contributed by atoms with van der Waals surface area (Å²) in [4.78, 5) is 16.9. The number of ether oxygens (including phenoxy) is 1. The van der Waals surface area contributed by atoms with Crippen LogP contribution < -0.4 is 15.0 Å². The van der Waals surface area contributed by atoms with Crippen LogP contribution in [-0.2, 0) is 4.79 Å². The molecular formula is C25H30ClN3O2. The van der Waals surface area contributed by atoms with Crippen LogP contribution in [0, 0.1) is 12.8 Å². The van der Waals surface area contributed by atoms with Crippen molar-refractivity contribution in [3.63, 3.8) is 0 Å². The van der Waals surface area contributed by atoms with Gasteiger partial charge in [0.15, 0.2) is 0 Å². The van der Waals surface area contributed by atoms with Crippen LogP contribution in [0.1, 0.15) is 36.3 Å². The Bertz CT molecular complexity index is 971. The first-order chi connectivity index (χ1) is 15.1. The van der Waals surface area contributed by atoms with Crippen LogP contribution in [0.3, 0.4) is 0 Å². The van der Waals surface area contributed by atoms with Crippen molar-refractivity contribution in [2.75, 3.05) is 49.5 Å². The Morgan fingerprint density at radius 1 is 1.10 bits per heavy atom. The number of anilines is 2. The molecule has 0 aromatic heterocycles. The van der Waals surface area contributed by atoms with E-state index < -0.39 is 0 Å². The summed E-state index contributed by atoms with van der Waals surface area (Å²) >= 11 is 6.29. The van der Waals surface area contributed by atoms with Gasteiger partial charge >= 0.3 is 0 Å². The number of carbonyl (C=O) groups excluding carboxylic acids is 1. The number of hydrogen-bond donors (Lipinski definition) is 1.